The summed E-state index contributed by atoms with van der Waals surface area (Å²) >= 11 is 0. The predicted molar refractivity (Wildman–Crippen MR) is 69.4 cm³/mol. The maximum absolute atomic E-state index is 11.9. The van der Waals surface area contributed by atoms with Crippen molar-refractivity contribution in [3.8, 4) is 0 Å². The number of benzene rings is 1. The number of hydrogen-bond donors (Lipinski definition) is 3. The Morgan fingerprint density at radius 2 is 2.00 bits per heavy atom. The van der Waals surface area contributed by atoms with E-state index in [9.17, 15) is 18.3 Å². The summed E-state index contributed by atoms with van der Waals surface area (Å²) in [5.74, 6) is -1.27. The van der Waals surface area contributed by atoms with Gasteiger partial charge in [0.25, 0.3) is 0 Å². The second-order valence-electron chi connectivity index (χ2n) is 4.50. The molecule has 0 aliphatic rings. The highest BCUT2D eigenvalue weighted by molar-refractivity contribution is 7.89. The Balaban J connectivity index is 2.89. The molecule has 0 bridgehead atoms. The van der Waals surface area contributed by atoms with Crippen molar-refractivity contribution in [1.29, 1.82) is 0 Å². The standard InChI is InChI=1S/C12H17NO5S/c1-8(2)11(14)7-13-19(17,18)10-5-3-4-9(6-10)12(15)16/h3-6,8,11,13-14H,7H2,1-2H3,(H,15,16). The van der Waals surface area contributed by atoms with E-state index in [0.29, 0.717) is 0 Å². The van der Waals surface area contributed by atoms with Crippen LogP contribution >= 0.6 is 0 Å². The molecule has 6 nitrogen and oxygen atoms in total. The van der Waals surface area contributed by atoms with Crippen LogP contribution in [0.4, 0.5) is 0 Å². The van der Waals surface area contributed by atoms with Crippen molar-refractivity contribution >= 4 is 16.0 Å². The van der Waals surface area contributed by atoms with Gasteiger partial charge in [0.1, 0.15) is 0 Å². The van der Waals surface area contributed by atoms with Crippen LogP contribution in [0.15, 0.2) is 29.2 Å². The molecule has 1 aromatic rings. The van der Waals surface area contributed by atoms with Gasteiger partial charge in [-0.1, -0.05) is 19.9 Å². The van der Waals surface area contributed by atoms with Gasteiger partial charge in [-0.2, -0.15) is 0 Å². The number of carboxylic acid groups (broad SMARTS) is 1. The highest BCUT2D eigenvalue weighted by atomic mass is 32.2. The Morgan fingerprint density at radius 1 is 1.37 bits per heavy atom. The van der Waals surface area contributed by atoms with Crippen LogP contribution < -0.4 is 4.72 Å². The van der Waals surface area contributed by atoms with Crippen LogP contribution in [-0.2, 0) is 10.0 Å². The van der Waals surface area contributed by atoms with E-state index >= 15 is 0 Å². The Hall–Kier alpha value is -1.44. The molecule has 3 N–H and O–H groups in total. The molecular weight excluding hydrogens is 270 g/mol. The number of carboxylic acids is 1. The first-order chi connectivity index (χ1) is 8.74. The zero-order valence-electron chi connectivity index (χ0n) is 10.7. The lowest BCUT2D eigenvalue weighted by molar-refractivity contribution is 0.0696. The number of carbonyl (C=O) groups is 1. The molecule has 0 saturated heterocycles. The molecule has 0 aromatic heterocycles. The molecule has 0 aliphatic heterocycles. The van der Waals surface area contributed by atoms with Gasteiger partial charge in [-0.15, -0.1) is 0 Å². The Bertz CT molecular complexity index is 553. The highest BCUT2D eigenvalue weighted by Gasteiger charge is 2.18. The number of aliphatic hydroxyl groups is 1. The summed E-state index contributed by atoms with van der Waals surface area (Å²) in [5, 5.41) is 18.4. The van der Waals surface area contributed by atoms with Gasteiger partial charge < -0.3 is 10.2 Å². The van der Waals surface area contributed by atoms with E-state index in [1.54, 1.807) is 13.8 Å². The first-order valence-corrected chi connectivity index (χ1v) is 7.23. The third-order valence-electron chi connectivity index (χ3n) is 2.64. The van der Waals surface area contributed by atoms with Gasteiger partial charge in [-0.25, -0.2) is 17.9 Å². The van der Waals surface area contributed by atoms with Crippen LogP contribution in [0.25, 0.3) is 0 Å². The number of nitrogens with one attached hydrogen (secondary N) is 1. The minimum Gasteiger partial charge on any atom is -0.478 e. The van der Waals surface area contributed by atoms with Crippen LogP contribution in [0.5, 0.6) is 0 Å². The Morgan fingerprint density at radius 3 is 2.53 bits per heavy atom. The van der Waals surface area contributed by atoms with E-state index < -0.39 is 22.1 Å². The zero-order valence-corrected chi connectivity index (χ0v) is 11.5. The molecule has 0 saturated carbocycles. The number of sulfonamides is 1. The second kappa shape index (κ2) is 6.14. The van der Waals surface area contributed by atoms with Crippen LogP contribution in [0.3, 0.4) is 0 Å². The van der Waals surface area contributed by atoms with E-state index in [1.165, 1.54) is 18.2 Å². The van der Waals surface area contributed by atoms with Gasteiger partial charge in [0.15, 0.2) is 0 Å². The van der Waals surface area contributed by atoms with Gasteiger partial charge in [0, 0.05) is 6.54 Å². The lowest BCUT2D eigenvalue weighted by Gasteiger charge is -2.15. The van der Waals surface area contributed by atoms with Crippen LogP contribution in [0.1, 0.15) is 24.2 Å². The van der Waals surface area contributed by atoms with Crippen LogP contribution in [-0.4, -0.2) is 37.2 Å². The summed E-state index contributed by atoms with van der Waals surface area (Å²) in [6.07, 6.45) is -0.794. The maximum Gasteiger partial charge on any atom is 0.335 e. The molecule has 1 aromatic carbocycles. The molecule has 0 fully saturated rings. The number of hydrogen-bond acceptors (Lipinski definition) is 4. The molecule has 1 rings (SSSR count). The zero-order chi connectivity index (χ0) is 14.6. The first kappa shape index (κ1) is 15.6. The van der Waals surface area contributed by atoms with Crippen molar-refractivity contribution in [1.82, 2.24) is 4.72 Å². The fourth-order valence-electron chi connectivity index (χ4n) is 1.31. The van der Waals surface area contributed by atoms with Crippen LogP contribution in [0.2, 0.25) is 0 Å². The molecule has 0 heterocycles. The first-order valence-electron chi connectivity index (χ1n) is 5.75. The topological polar surface area (TPSA) is 104 Å². The predicted octanol–water partition coefficient (Wildman–Crippen LogP) is 0.680. The molecule has 0 amide bonds. The molecule has 1 atom stereocenters. The third kappa shape index (κ3) is 4.30. The van der Waals surface area contributed by atoms with Crippen molar-refractivity contribution in [2.24, 2.45) is 5.92 Å². The molecule has 0 aliphatic carbocycles. The van der Waals surface area contributed by atoms with Crippen molar-refractivity contribution in [2.75, 3.05) is 6.54 Å². The number of aromatic carboxylic acids is 1. The van der Waals surface area contributed by atoms with E-state index in [-0.39, 0.29) is 22.9 Å². The third-order valence-corrected chi connectivity index (χ3v) is 4.06. The lowest BCUT2D eigenvalue weighted by atomic mass is 10.1. The molecule has 0 spiro atoms. The maximum atomic E-state index is 11.9. The summed E-state index contributed by atoms with van der Waals surface area (Å²) in [4.78, 5) is 10.6. The van der Waals surface area contributed by atoms with Crippen molar-refractivity contribution in [2.45, 2.75) is 24.8 Å². The van der Waals surface area contributed by atoms with Crippen molar-refractivity contribution in [3.63, 3.8) is 0 Å². The highest BCUT2D eigenvalue weighted by Crippen LogP contribution is 2.12. The van der Waals surface area contributed by atoms with Gasteiger partial charge >= 0.3 is 5.97 Å². The molecule has 19 heavy (non-hydrogen) atoms. The van der Waals surface area contributed by atoms with E-state index in [1.807, 2.05) is 0 Å². The Labute approximate surface area is 112 Å². The Kier molecular flexibility index (Phi) is 5.04. The van der Waals surface area contributed by atoms with Gasteiger partial charge in [-0.3, -0.25) is 0 Å². The second-order valence-corrected chi connectivity index (χ2v) is 6.26. The number of rotatable bonds is 6. The lowest BCUT2D eigenvalue weighted by Crippen LogP contribution is -2.34. The normalized spacial score (nSPS) is 13.5. The molecule has 0 radical (unpaired) electrons. The van der Waals surface area contributed by atoms with Gasteiger partial charge in [0.05, 0.1) is 16.6 Å². The largest absolute Gasteiger partial charge is 0.478 e. The minimum atomic E-state index is -3.82. The van der Waals surface area contributed by atoms with E-state index in [0.717, 1.165) is 6.07 Å². The molecule has 106 valence electrons. The van der Waals surface area contributed by atoms with E-state index in [4.69, 9.17) is 5.11 Å². The van der Waals surface area contributed by atoms with Crippen molar-refractivity contribution < 1.29 is 23.4 Å². The quantitative estimate of drug-likeness (QED) is 0.714. The molecule has 7 heteroatoms. The molecule has 1 unspecified atom stereocenters. The fourth-order valence-corrected chi connectivity index (χ4v) is 2.41. The summed E-state index contributed by atoms with van der Waals surface area (Å²) in [5.41, 5.74) is -0.104. The van der Waals surface area contributed by atoms with Gasteiger partial charge in [-0.05, 0) is 24.1 Å². The van der Waals surface area contributed by atoms with Gasteiger partial charge in [0.2, 0.25) is 10.0 Å². The van der Waals surface area contributed by atoms with Crippen molar-refractivity contribution in [3.05, 3.63) is 29.8 Å². The minimum absolute atomic E-state index is 0.0759. The fraction of sp³-hybridized carbons (Fsp3) is 0.417. The summed E-state index contributed by atoms with van der Waals surface area (Å²) < 4.78 is 26.1. The van der Waals surface area contributed by atoms with E-state index in [2.05, 4.69) is 4.72 Å². The smallest absolute Gasteiger partial charge is 0.335 e. The summed E-state index contributed by atoms with van der Waals surface area (Å²) in [7, 11) is -3.82. The SMILES string of the molecule is CC(C)C(O)CNS(=O)(=O)c1cccc(C(=O)O)c1. The summed E-state index contributed by atoms with van der Waals surface area (Å²) in [6, 6.07) is 5.05. The molecular formula is C12H17NO5S. The van der Waals surface area contributed by atoms with Crippen LogP contribution in [0, 0.1) is 5.92 Å². The average molecular weight is 287 g/mol. The monoisotopic (exact) mass is 287 g/mol. The summed E-state index contributed by atoms with van der Waals surface area (Å²) in [6.45, 7) is 3.42. The average Bonchev–Trinajstić information content (AvgIpc) is 2.36. The number of aliphatic hydroxyl groups excluding tert-OH is 1.